The maximum atomic E-state index is 13.4. The number of hydrogen-bond acceptors (Lipinski definition) is 2. The minimum absolute atomic E-state index is 0.134. The van der Waals surface area contributed by atoms with Crippen molar-refractivity contribution >= 4 is 11.4 Å². The van der Waals surface area contributed by atoms with Gasteiger partial charge in [-0.1, -0.05) is 12.1 Å². The Hall–Kier alpha value is -0.580. The predicted molar refractivity (Wildman–Crippen MR) is 70.6 cm³/mol. The molecule has 0 unspecified atom stereocenters. The fourth-order valence-corrected chi connectivity index (χ4v) is 2.30. The summed E-state index contributed by atoms with van der Waals surface area (Å²) in [4.78, 5) is 0. The van der Waals surface area contributed by atoms with Crippen molar-refractivity contribution in [1.29, 1.82) is 0 Å². The van der Waals surface area contributed by atoms with Crippen LogP contribution in [-0.2, 0) is 11.4 Å². The molecule has 0 spiro atoms. The van der Waals surface area contributed by atoms with Gasteiger partial charge >= 0.3 is 0 Å². The van der Waals surface area contributed by atoms with Gasteiger partial charge in [0.1, 0.15) is 10.6 Å². The Morgan fingerprint density at radius 1 is 1.35 bits per heavy atom. The quantitative estimate of drug-likeness (QED) is 0.844. The summed E-state index contributed by atoms with van der Waals surface area (Å²) in [5.41, 5.74) is 1.46. The van der Waals surface area contributed by atoms with E-state index >= 15 is 0 Å². The third kappa shape index (κ3) is 3.69. The number of halogens is 1. The van der Waals surface area contributed by atoms with Crippen LogP contribution in [0.4, 0.5) is 4.39 Å². The summed E-state index contributed by atoms with van der Waals surface area (Å²) in [6, 6.07) is 4.84. The van der Waals surface area contributed by atoms with Gasteiger partial charge < -0.3 is 4.55 Å². The van der Waals surface area contributed by atoms with Gasteiger partial charge in [0.25, 0.3) is 0 Å². The van der Waals surface area contributed by atoms with Crippen LogP contribution < -0.4 is 4.72 Å². The van der Waals surface area contributed by atoms with Crippen LogP contribution in [0.3, 0.4) is 0 Å². The van der Waals surface area contributed by atoms with Crippen LogP contribution in [0, 0.1) is 12.7 Å². The molecule has 17 heavy (non-hydrogen) atoms. The minimum Gasteiger partial charge on any atom is -0.598 e. The largest absolute Gasteiger partial charge is 0.598 e. The maximum absolute atomic E-state index is 13.4. The Kier molecular flexibility index (Phi) is 4.58. The molecule has 1 aromatic rings. The van der Waals surface area contributed by atoms with Gasteiger partial charge in [0.2, 0.25) is 0 Å². The topological polar surface area (TPSA) is 35.1 Å². The van der Waals surface area contributed by atoms with Crippen molar-refractivity contribution in [1.82, 2.24) is 4.72 Å². The summed E-state index contributed by atoms with van der Waals surface area (Å²) >= 11 is -1.16. The Morgan fingerprint density at radius 3 is 2.47 bits per heavy atom. The zero-order valence-electron chi connectivity index (χ0n) is 11.0. The molecule has 2 atom stereocenters. The van der Waals surface area contributed by atoms with Crippen molar-refractivity contribution in [3.63, 3.8) is 0 Å². The second kappa shape index (κ2) is 5.38. The summed E-state index contributed by atoms with van der Waals surface area (Å²) in [5.74, 6) is -0.224. The van der Waals surface area contributed by atoms with E-state index in [0.29, 0.717) is 5.56 Å². The Bertz CT molecular complexity index is 389. The molecule has 0 saturated heterocycles. The molecule has 0 radical (unpaired) electrons. The van der Waals surface area contributed by atoms with E-state index in [-0.39, 0.29) is 16.6 Å². The molecule has 1 N–H and O–H groups in total. The molecule has 0 heterocycles. The molecule has 0 aliphatic carbocycles. The van der Waals surface area contributed by atoms with Crippen molar-refractivity contribution in [2.24, 2.45) is 0 Å². The zero-order chi connectivity index (χ0) is 13.2. The summed E-state index contributed by atoms with van der Waals surface area (Å²) in [7, 11) is 0. The van der Waals surface area contributed by atoms with E-state index in [0.717, 1.165) is 5.56 Å². The smallest absolute Gasteiger partial charge is 0.136 e. The van der Waals surface area contributed by atoms with Crippen molar-refractivity contribution in [3.8, 4) is 0 Å². The molecule has 1 rings (SSSR count). The van der Waals surface area contributed by atoms with E-state index in [1.54, 1.807) is 13.0 Å². The van der Waals surface area contributed by atoms with Crippen LogP contribution in [-0.4, -0.2) is 9.30 Å². The van der Waals surface area contributed by atoms with E-state index in [9.17, 15) is 8.94 Å². The Balaban J connectivity index is 2.84. The van der Waals surface area contributed by atoms with Crippen molar-refractivity contribution < 1.29 is 8.94 Å². The molecule has 0 fully saturated rings. The molecule has 2 nitrogen and oxygen atoms in total. The summed E-state index contributed by atoms with van der Waals surface area (Å²) in [6.07, 6.45) is 0. The van der Waals surface area contributed by atoms with Gasteiger partial charge in [-0.05, 0) is 51.8 Å². The number of hydrogen-bond donors (Lipinski definition) is 1. The van der Waals surface area contributed by atoms with Crippen LogP contribution in [0.25, 0.3) is 0 Å². The minimum atomic E-state index is -1.16. The van der Waals surface area contributed by atoms with E-state index < -0.39 is 11.4 Å². The SMILES string of the molecule is Cc1c(F)cccc1[C@H](C)N[S@@+]([O-])C(C)(C)C. The van der Waals surface area contributed by atoms with Gasteiger partial charge in [-0.3, -0.25) is 0 Å². The van der Waals surface area contributed by atoms with Gasteiger partial charge in [0.05, 0.1) is 6.04 Å². The maximum Gasteiger partial charge on any atom is 0.136 e. The molecular weight excluding hydrogens is 237 g/mol. The second-order valence-corrected chi connectivity index (χ2v) is 7.17. The molecule has 0 bridgehead atoms. The van der Waals surface area contributed by atoms with Crippen molar-refractivity contribution in [3.05, 3.63) is 35.1 Å². The molecular formula is C13H20FNOS. The van der Waals surface area contributed by atoms with E-state index in [1.807, 2.05) is 33.8 Å². The molecule has 0 amide bonds. The first-order valence-electron chi connectivity index (χ1n) is 5.66. The zero-order valence-corrected chi connectivity index (χ0v) is 11.8. The van der Waals surface area contributed by atoms with Crippen molar-refractivity contribution in [2.45, 2.75) is 45.4 Å². The molecule has 96 valence electrons. The van der Waals surface area contributed by atoms with Gasteiger partial charge in [-0.15, -0.1) is 4.72 Å². The second-order valence-electron chi connectivity index (χ2n) is 5.17. The molecule has 0 aliphatic heterocycles. The third-order valence-electron chi connectivity index (χ3n) is 2.62. The predicted octanol–water partition coefficient (Wildman–Crippen LogP) is 3.25. The summed E-state index contributed by atoms with van der Waals surface area (Å²) in [5, 5.41) is 0. The number of benzene rings is 1. The number of nitrogens with one attached hydrogen (secondary N) is 1. The van der Waals surface area contributed by atoms with Crippen LogP contribution in [0.2, 0.25) is 0 Å². The highest BCUT2D eigenvalue weighted by Crippen LogP contribution is 2.23. The molecule has 0 aliphatic rings. The monoisotopic (exact) mass is 257 g/mol. The normalized spacial score (nSPS) is 15.7. The lowest BCUT2D eigenvalue weighted by molar-refractivity contribution is 0.529. The van der Waals surface area contributed by atoms with Crippen LogP contribution in [0.1, 0.15) is 44.9 Å². The first-order valence-corrected chi connectivity index (χ1v) is 6.81. The first kappa shape index (κ1) is 14.5. The lowest BCUT2D eigenvalue weighted by atomic mass is 10.0. The van der Waals surface area contributed by atoms with Crippen LogP contribution >= 0.6 is 0 Å². The molecule has 4 heteroatoms. The highest BCUT2D eigenvalue weighted by Gasteiger charge is 2.28. The average molecular weight is 257 g/mol. The fraction of sp³-hybridized carbons (Fsp3) is 0.538. The van der Waals surface area contributed by atoms with Crippen molar-refractivity contribution in [2.75, 3.05) is 0 Å². The van der Waals surface area contributed by atoms with Gasteiger partial charge in [0, 0.05) is 11.4 Å². The first-order chi connectivity index (χ1) is 7.73. The Morgan fingerprint density at radius 2 is 1.94 bits per heavy atom. The average Bonchev–Trinajstić information content (AvgIpc) is 2.20. The highest BCUT2D eigenvalue weighted by atomic mass is 32.2. The molecule has 0 aromatic heterocycles. The van der Waals surface area contributed by atoms with Gasteiger partial charge in [-0.2, -0.15) is 0 Å². The fourth-order valence-electron chi connectivity index (χ4n) is 1.49. The van der Waals surface area contributed by atoms with E-state index in [4.69, 9.17) is 0 Å². The van der Waals surface area contributed by atoms with Gasteiger partial charge in [0.15, 0.2) is 0 Å². The van der Waals surface area contributed by atoms with Gasteiger partial charge in [-0.25, -0.2) is 4.39 Å². The third-order valence-corrected chi connectivity index (χ3v) is 4.30. The molecule has 0 saturated carbocycles. The number of rotatable bonds is 3. The summed E-state index contributed by atoms with van der Waals surface area (Å²) in [6.45, 7) is 9.35. The standard InChI is InChI=1S/C13H20FNOS/c1-9-11(7-6-8-12(9)14)10(2)15-17(16)13(3,4)5/h6-8,10,15H,1-5H3/t10-,17-/m0/s1. The Labute approximate surface area is 106 Å². The van der Waals surface area contributed by atoms with Crippen LogP contribution in [0.5, 0.6) is 0 Å². The van der Waals surface area contributed by atoms with E-state index in [1.165, 1.54) is 6.07 Å². The lowest BCUT2D eigenvalue weighted by Crippen LogP contribution is -2.40. The van der Waals surface area contributed by atoms with E-state index in [2.05, 4.69) is 4.72 Å². The lowest BCUT2D eigenvalue weighted by Gasteiger charge is -2.27. The molecule has 1 aromatic carbocycles. The highest BCUT2D eigenvalue weighted by molar-refractivity contribution is 7.90. The summed E-state index contributed by atoms with van der Waals surface area (Å²) < 4.78 is 28.0. The van der Waals surface area contributed by atoms with Crippen LogP contribution in [0.15, 0.2) is 18.2 Å².